The fourth-order valence-electron chi connectivity index (χ4n) is 2.08. The Labute approximate surface area is 124 Å². The van der Waals surface area contributed by atoms with Gasteiger partial charge in [0.2, 0.25) is 5.79 Å². The van der Waals surface area contributed by atoms with E-state index in [1.807, 2.05) is 34.6 Å². The van der Waals surface area contributed by atoms with Gasteiger partial charge in [0.15, 0.2) is 0 Å². The van der Waals surface area contributed by atoms with Crippen molar-refractivity contribution in [2.45, 2.75) is 97.6 Å². The third kappa shape index (κ3) is 5.32. The zero-order valence-corrected chi connectivity index (χ0v) is 14.2. The lowest BCUT2D eigenvalue weighted by molar-refractivity contribution is -0.539. The fourth-order valence-corrected chi connectivity index (χ4v) is 2.08. The molecule has 120 valence electrons. The van der Waals surface area contributed by atoms with Crippen LogP contribution in [0.3, 0.4) is 0 Å². The maximum atomic E-state index is 5.73. The zero-order valence-electron chi connectivity index (χ0n) is 14.2. The summed E-state index contributed by atoms with van der Waals surface area (Å²) < 4.78 is 0. The minimum atomic E-state index is -0.825. The Morgan fingerprint density at radius 1 is 0.850 bits per heavy atom. The largest absolute Gasteiger partial charge is 0.234 e. The van der Waals surface area contributed by atoms with Gasteiger partial charge in [-0.3, -0.25) is 0 Å². The predicted octanol–water partition coefficient (Wildman–Crippen LogP) is 4.78. The predicted molar refractivity (Wildman–Crippen MR) is 78.8 cm³/mol. The molecule has 0 aromatic heterocycles. The van der Waals surface area contributed by atoms with E-state index in [0.29, 0.717) is 12.3 Å². The first-order valence-electron chi connectivity index (χ1n) is 7.87. The topological polar surface area (TPSA) is 36.9 Å². The summed E-state index contributed by atoms with van der Waals surface area (Å²) in [5.74, 6) is -0.344. The maximum Gasteiger partial charge on any atom is 0.234 e. The molecule has 1 heterocycles. The molecule has 1 atom stereocenters. The first kappa shape index (κ1) is 17.9. The van der Waals surface area contributed by atoms with E-state index >= 15 is 0 Å². The Hall–Kier alpha value is -0.160. The Morgan fingerprint density at radius 2 is 1.30 bits per heavy atom. The van der Waals surface area contributed by atoms with E-state index in [2.05, 4.69) is 13.8 Å². The van der Waals surface area contributed by atoms with Gasteiger partial charge in [-0.1, -0.05) is 27.2 Å². The molecule has 1 aliphatic rings. The molecular weight excluding hydrogens is 256 g/mol. The highest BCUT2D eigenvalue weighted by Gasteiger charge is 2.41. The van der Waals surface area contributed by atoms with Crippen molar-refractivity contribution in [3.8, 4) is 0 Å². The van der Waals surface area contributed by atoms with Gasteiger partial charge in [-0.05, 0) is 46.5 Å². The lowest BCUT2D eigenvalue weighted by Gasteiger charge is -2.34. The van der Waals surface area contributed by atoms with Gasteiger partial charge in [0, 0.05) is 12.8 Å². The third-order valence-corrected chi connectivity index (χ3v) is 4.06. The van der Waals surface area contributed by atoms with Gasteiger partial charge in [0.1, 0.15) is 0 Å². The Morgan fingerprint density at radius 3 is 1.65 bits per heavy atom. The minimum absolute atomic E-state index is 0.343. The van der Waals surface area contributed by atoms with E-state index < -0.39 is 5.79 Å². The highest BCUT2D eigenvalue weighted by atomic mass is 17.3. The van der Waals surface area contributed by atoms with Crippen LogP contribution in [0.2, 0.25) is 0 Å². The van der Waals surface area contributed by atoms with E-state index in [9.17, 15) is 0 Å². The molecule has 0 aromatic carbocycles. The lowest BCUT2D eigenvalue weighted by Crippen LogP contribution is -2.40. The van der Waals surface area contributed by atoms with Crippen LogP contribution >= 0.6 is 0 Å². The summed E-state index contributed by atoms with van der Waals surface area (Å²) in [6, 6.07) is 0. The van der Waals surface area contributed by atoms with Gasteiger partial charge in [-0.15, -0.1) is 0 Å². The van der Waals surface area contributed by atoms with Crippen molar-refractivity contribution in [2.24, 2.45) is 5.92 Å². The van der Waals surface area contributed by atoms with E-state index in [1.54, 1.807) is 0 Å². The van der Waals surface area contributed by atoms with Gasteiger partial charge in [-0.2, -0.15) is 9.78 Å². The van der Waals surface area contributed by atoms with Gasteiger partial charge in [0.05, 0.1) is 11.2 Å². The van der Waals surface area contributed by atoms with Crippen LogP contribution in [0.5, 0.6) is 0 Å². The smallest absolute Gasteiger partial charge is 0.228 e. The molecule has 0 radical (unpaired) electrons. The molecule has 4 nitrogen and oxygen atoms in total. The molecule has 0 aromatic rings. The molecule has 0 N–H and O–H groups in total. The highest BCUT2D eigenvalue weighted by molar-refractivity contribution is 4.77. The van der Waals surface area contributed by atoms with Crippen molar-refractivity contribution in [3.05, 3.63) is 0 Å². The molecule has 4 heteroatoms. The molecule has 1 rings (SSSR count). The highest BCUT2D eigenvalue weighted by Crippen LogP contribution is 2.36. The average Bonchev–Trinajstić information content (AvgIpc) is 2.43. The van der Waals surface area contributed by atoms with Crippen molar-refractivity contribution in [1.29, 1.82) is 0 Å². The van der Waals surface area contributed by atoms with Crippen LogP contribution in [0.25, 0.3) is 0 Å². The van der Waals surface area contributed by atoms with Crippen LogP contribution in [0, 0.1) is 5.92 Å². The second-order valence-electron chi connectivity index (χ2n) is 7.33. The van der Waals surface area contributed by atoms with Gasteiger partial charge < -0.3 is 0 Å². The molecule has 1 aliphatic heterocycles. The molecule has 0 amide bonds. The average molecular weight is 288 g/mol. The van der Waals surface area contributed by atoms with Crippen LogP contribution < -0.4 is 0 Å². The molecule has 1 saturated heterocycles. The van der Waals surface area contributed by atoms with Gasteiger partial charge in [0.25, 0.3) is 0 Å². The summed E-state index contributed by atoms with van der Waals surface area (Å²) in [4.78, 5) is 22.8. The second kappa shape index (κ2) is 6.73. The molecule has 0 saturated carbocycles. The van der Waals surface area contributed by atoms with Crippen LogP contribution in [0.4, 0.5) is 0 Å². The van der Waals surface area contributed by atoms with E-state index in [1.165, 1.54) is 0 Å². The Kier molecular flexibility index (Phi) is 6.02. The molecular formula is C16H32O4. The van der Waals surface area contributed by atoms with Gasteiger partial charge >= 0.3 is 0 Å². The summed E-state index contributed by atoms with van der Waals surface area (Å²) >= 11 is 0. The molecule has 0 aliphatic carbocycles. The van der Waals surface area contributed by atoms with Crippen molar-refractivity contribution < 1.29 is 19.6 Å². The first-order chi connectivity index (χ1) is 9.14. The Balaban J connectivity index is 2.91. The quantitative estimate of drug-likeness (QED) is 0.698. The van der Waals surface area contributed by atoms with E-state index in [-0.39, 0.29) is 11.2 Å². The second-order valence-corrected chi connectivity index (χ2v) is 7.33. The molecule has 1 fully saturated rings. The van der Waals surface area contributed by atoms with Crippen LogP contribution in [-0.2, 0) is 19.6 Å². The minimum Gasteiger partial charge on any atom is -0.228 e. The molecule has 0 bridgehead atoms. The maximum absolute atomic E-state index is 5.73. The number of hydrogen-bond donors (Lipinski definition) is 0. The summed E-state index contributed by atoms with van der Waals surface area (Å²) in [6.45, 7) is 14.5. The fraction of sp³-hybridized carbons (Fsp3) is 1.00. The summed E-state index contributed by atoms with van der Waals surface area (Å²) in [7, 11) is 0. The lowest BCUT2D eigenvalue weighted by atomic mass is 9.94. The Bertz CT molecular complexity index is 279. The first-order valence-corrected chi connectivity index (χ1v) is 7.87. The standard InChI is InChI=1S/C16H32O4/c1-8-13(3)12-16(9-2)19-17-14(4,5)10-11-15(6,7)18-20-16/h13H,8-12H2,1-7H3. The summed E-state index contributed by atoms with van der Waals surface area (Å²) in [5.41, 5.74) is -0.686. The van der Waals surface area contributed by atoms with E-state index in [0.717, 1.165) is 25.7 Å². The number of rotatable bonds is 4. The SMILES string of the molecule is CCC(C)CC1(CC)OOC(C)(C)CCC(C)(C)OO1. The zero-order chi connectivity index (χ0) is 15.4. The monoisotopic (exact) mass is 288 g/mol. The molecule has 0 spiro atoms. The van der Waals surface area contributed by atoms with Gasteiger partial charge in [-0.25, -0.2) is 9.78 Å². The third-order valence-electron chi connectivity index (χ3n) is 4.06. The van der Waals surface area contributed by atoms with Crippen molar-refractivity contribution in [3.63, 3.8) is 0 Å². The molecule has 20 heavy (non-hydrogen) atoms. The summed E-state index contributed by atoms with van der Waals surface area (Å²) in [5, 5.41) is 0. The normalized spacial score (nSPS) is 27.1. The van der Waals surface area contributed by atoms with Crippen LogP contribution in [0.1, 0.15) is 80.6 Å². The van der Waals surface area contributed by atoms with Crippen molar-refractivity contribution >= 4 is 0 Å². The summed E-state index contributed by atoms with van der Waals surface area (Å²) in [6.07, 6.45) is 4.22. The van der Waals surface area contributed by atoms with Crippen molar-refractivity contribution in [2.75, 3.05) is 0 Å². The van der Waals surface area contributed by atoms with E-state index in [4.69, 9.17) is 19.6 Å². The van der Waals surface area contributed by atoms with Crippen molar-refractivity contribution in [1.82, 2.24) is 0 Å². The molecule has 1 unspecified atom stereocenters. The number of hydrogen-bond acceptors (Lipinski definition) is 4. The van der Waals surface area contributed by atoms with Crippen LogP contribution in [0.15, 0.2) is 0 Å². The van der Waals surface area contributed by atoms with Crippen LogP contribution in [-0.4, -0.2) is 17.0 Å².